The van der Waals surface area contributed by atoms with Crippen LogP contribution in [0.2, 0.25) is 0 Å². The summed E-state index contributed by atoms with van der Waals surface area (Å²) >= 11 is 1.30. The molecule has 0 radical (unpaired) electrons. The van der Waals surface area contributed by atoms with E-state index in [0.717, 1.165) is 22.4 Å². The van der Waals surface area contributed by atoms with E-state index in [2.05, 4.69) is 4.98 Å². The van der Waals surface area contributed by atoms with Crippen LogP contribution in [0.15, 0.2) is 58.2 Å². The van der Waals surface area contributed by atoms with Gasteiger partial charge in [-0.3, -0.25) is 4.79 Å². The average Bonchev–Trinajstić information content (AvgIpc) is 3.02. The van der Waals surface area contributed by atoms with Gasteiger partial charge in [-0.25, -0.2) is 4.98 Å². The summed E-state index contributed by atoms with van der Waals surface area (Å²) in [5.74, 6) is 1.12. The van der Waals surface area contributed by atoms with Crippen molar-refractivity contribution in [3.63, 3.8) is 0 Å². The minimum Gasteiger partial charge on any atom is -0.492 e. The van der Waals surface area contributed by atoms with Crippen LogP contribution >= 0.6 is 11.8 Å². The first-order valence-corrected chi connectivity index (χ1v) is 9.02. The second-order valence-corrected chi connectivity index (χ2v) is 6.64. The average molecular weight is 356 g/mol. The predicted octanol–water partition coefficient (Wildman–Crippen LogP) is 3.77. The number of likely N-dealkylation sites (N-methyl/N-ethyl adjacent to an activating group) is 1. The Hall–Kier alpha value is -2.47. The number of aromatic nitrogens is 1. The van der Waals surface area contributed by atoms with Crippen LogP contribution in [0, 0.1) is 6.92 Å². The standard InChI is InChI=1S/C19H20N2O3S/c1-14-6-5-7-15(12-14)23-11-10-21(2)18(22)13-25-19-20-16-8-3-4-9-17(16)24-19/h3-9,12H,10-11,13H2,1-2H3. The van der Waals surface area contributed by atoms with Gasteiger partial charge < -0.3 is 14.1 Å². The fourth-order valence-corrected chi connectivity index (χ4v) is 3.06. The molecule has 3 rings (SSSR count). The van der Waals surface area contributed by atoms with Crippen LogP contribution in [-0.4, -0.2) is 41.7 Å². The Morgan fingerprint density at radius 3 is 2.88 bits per heavy atom. The number of hydrogen-bond donors (Lipinski definition) is 0. The minimum atomic E-state index is 0.0140. The molecular formula is C19H20N2O3S. The third-order valence-electron chi connectivity index (χ3n) is 3.70. The fourth-order valence-electron chi connectivity index (χ4n) is 2.28. The summed E-state index contributed by atoms with van der Waals surface area (Å²) in [6.07, 6.45) is 0. The topological polar surface area (TPSA) is 55.6 Å². The van der Waals surface area contributed by atoms with Crippen molar-refractivity contribution < 1.29 is 13.9 Å². The van der Waals surface area contributed by atoms with Crippen molar-refractivity contribution in [2.75, 3.05) is 26.0 Å². The summed E-state index contributed by atoms with van der Waals surface area (Å²) in [7, 11) is 1.77. The van der Waals surface area contributed by atoms with Gasteiger partial charge in [-0.15, -0.1) is 0 Å². The van der Waals surface area contributed by atoms with Crippen molar-refractivity contribution in [3.8, 4) is 5.75 Å². The van der Waals surface area contributed by atoms with Crippen LogP contribution in [0.5, 0.6) is 5.75 Å². The van der Waals surface area contributed by atoms with E-state index >= 15 is 0 Å². The summed E-state index contributed by atoms with van der Waals surface area (Å²) in [5, 5.41) is 0.513. The SMILES string of the molecule is Cc1cccc(OCCN(C)C(=O)CSc2nc3ccccc3o2)c1. The summed E-state index contributed by atoms with van der Waals surface area (Å²) in [5.41, 5.74) is 2.69. The van der Waals surface area contributed by atoms with Crippen LogP contribution in [0.3, 0.4) is 0 Å². The quantitative estimate of drug-likeness (QED) is 0.603. The molecule has 0 unspecified atom stereocenters. The number of fused-ring (bicyclic) bond motifs is 1. The predicted molar refractivity (Wildman–Crippen MR) is 99.0 cm³/mol. The number of ether oxygens (including phenoxy) is 1. The molecular weight excluding hydrogens is 336 g/mol. The van der Waals surface area contributed by atoms with Crippen LogP contribution < -0.4 is 4.74 Å². The largest absolute Gasteiger partial charge is 0.492 e. The first kappa shape index (κ1) is 17.4. The summed E-state index contributed by atoms with van der Waals surface area (Å²) in [6.45, 7) is 3.01. The molecule has 0 aliphatic carbocycles. The van der Waals surface area contributed by atoms with E-state index in [1.807, 2.05) is 55.5 Å². The Bertz CT molecular complexity index is 830. The molecule has 1 amide bonds. The van der Waals surface area contributed by atoms with Crippen molar-refractivity contribution >= 4 is 28.8 Å². The van der Waals surface area contributed by atoms with Gasteiger partial charge in [0, 0.05) is 7.05 Å². The smallest absolute Gasteiger partial charge is 0.257 e. The molecule has 2 aromatic carbocycles. The Morgan fingerprint density at radius 1 is 1.24 bits per heavy atom. The van der Waals surface area contributed by atoms with Crippen molar-refractivity contribution in [1.82, 2.24) is 9.88 Å². The molecule has 6 heteroatoms. The number of amides is 1. The van der Waals surface area contributed by atoms with Crippen molar-refractivity contribution in [2.45, 2.75) is 12.1 Å². The maximum atomic E-state index is 12.2. The van der Waals surface area contributed by atoms with Crippen LogP contribution in [-0.2, 0) is 4.79 Å². The number of thioether (sulfide) groups is 1. The maximum Gasteiger partial charge on any atom is 0.257 e. The number of carbonyl (C=O) groups is 1. The fraction of sp³-hybridized carbons (Fsp3) is 0.263. The highest BCUT2D eigenvalue weighted by molar-refractivity contribution is 7.99. The lowest BCUT2D eigenvalue weighted by molar-refractivity contribution is -0.127. The van der Waals surface area contributed by atoms with Crippen LogP contribution in [0.4, 0.5) is 0 Å². The molecule has 0 N–H and O–H groups in total. The first-order chi connectivity index (χ1) is 12.1. The zero-order chi connectivity index (χ0) is 17.6. The molecule has 0 spiro atoms. The highest BCUT2D eigenvalue weighted by Crippen LogP contribution is 2.23. The third kappa shape index (κ3) is 4.76. The Kier molecular flexibility index (Phi) is 5.60. The van der Waals surface area contributed by atoms with Gasteiger partial charge in [0.2, 0.25) is 5.91 Å². The van der Waals surface area contributed by atoms with Crippen molar-refractivity contribution in [3.05, 3.63) is 54.1 Å². The second kappa shape index (κ2) is 8.07. The minimum absolute atomic E-state index is 0.0140. The molecule has 130 valence electrons. The first-order valence-electron chi connectivity index (χ1n) is 8.03. The monoisotopic (exact) mass is 356 g/mol. The molecule has 0 saturated heterocycles. The summed E-state index contributed by atoms with van der Waals surface area (Å²) < 4.78 is 11.3. The number of benzene rings is 2. The van der Waals surface area contributed by atoms with Crippen molar-refractivity contribution in [2.24, 2.45) is 0 Å². The molecule has 1 aromatic heterocycles. The lowest BCUT2D eigenvalue weighted by Crippen LogP contribution is -2.32. The van der Waals surface area contributed by atoms with Gasteiger partial charge in [0.25, 0.3) is 5.22 Å². The van der Waals surface area contributed by atoms with Gasteiger partial charge in [-0.2, -0.15) is 0 Å². The van der Waals surface area contributed by atoms with Crippen LogP contribution in [0.1, 0.15) is 5.56 Å². The highest BCUT2D eigenvalue weighted by atomic mass is 32.2. The number of rotatable bonds is 7. The third-order valence-corrected chi connectivity index (χ3v) is 4.52. The number of hydrogen-bond acceptors (Lipinski definition) is 5. The van der Waals surface area contributed by atoms with E-state index in [1.54, 1.807) is 11.9 Å². The molecule has 3 aromatic rings. The van der Waals surface area contributed by atoms with Gasteiger partial charge in [0.05, 0.1) is 12.3 Å². The van der Waals surface area contributed by atoms with Crippen LogP contribution in [0.25, 0.3) is 11.1 Å². The number of oxazole rings is 1. The highest BCUT2D eigenvalue weighted by Gasteiger charge is 2.12. The normalized spacial score (nSPS) is 10.8. The number of carbonyl (C=O) groups excluding carboxylic acids is 1. The van der Waals surface area contributed by atoms with E-state index in [9.17, 15) is 4.79 Å². The molecule has 0 aliphatic rings. The molecule has 0 fully saturated rings. The molecule has 25 heavy (non-hydrogen) atoms. The van der Waals surface area contributed by atoms with E-state index < -0.39 is 0 Å². The molecule has 1 heterocycles. The zero-order valence-corrected chi connectivity index (χ0v) is 15.1. The molecule has 0 aliphatic heterocycles. The van der Waals surface area contributed by atoms with Gasteiger partial charge in [0.1, 0.15) is 17.9 Å². The van der Waals surface area contributed by atoms with E-state index in [0.29, 0.717) is 18.4 Å². The maximum absolute atomic E-state index is 12.2. The van der Waals surface area contributed by atoms with Gasteiger partial charge in [-0.1, -0.05) is 36.0 Å². The van der Waals surface area contributed by atoms with E-state index in [1.165, 1.54) is 11.8 Å². The van der Waals surface area contributed by atoms with Crippen molar-refractivity contribution in [1.29, 1.82) is 0 Å². The summed E-state index contributed by atoms with van der Waals surface area (Å²) in [4.78, 5) is 18.2. The Balaban J connectivity index is 1.44. The molecule has 0 bridgehead atoms. The van der Waals surface area contributed by atoms with Gasteiger partial charge >= 0.3 is 0 Å². The number of aryl methyl sites for hydroxylation is 1. The van der Waals surface area contributed by atoms with Gasteiger partial charge in [0.15, 0.2) is 5.58 Å². The number of nitrogens with zero attached hydrogens (tertiary/aromatic N) is 2. The summed E-state index contributed by atoms with van der Waals surface area (Å²) in [6, 6.07) is 15.4. The Morgan fingerprint density at radius 2 is 2.08 bits per heavy atom. The second-order valence-electron chi connectivity index (χ2n) is 5.72. The Labute approximate surface area is 151 Å². The number of para-hydroxylation sites is 2. The molecule has 0 atom stereocenters. The molecule has 0 saturated carbocycles. The van der Waals surface area contributed by atoms with E-state index in [-0.39, 0.29) is 11.7 Å². The lowest BCUT2D eigenvalue weighted by Gasteiger charge is -2.17. The lowest BCUT2D eigenvalue weighted by atomic mass is 10.2. The zero-order valence-electron chi connectivity index (χ0n) is 14.3. The molecule has 5 nitrogen and oxygen atoms in total. The van der Waals surface area contributed by atoms with Gasteiger partial charge in [-0.05, 0) is 36.8 Å². The van der Waals surface area contributed by atoms with E-state index in [4.69, 9.17) is 9.15 Å².